The van der Waals surface area contributed by atoms with Crippen molar-refractivity contribution >= 4 is 29.0 Å². The molecule has 6 nitrogen and oxygen atoms in total. The molecule has 0 aliphatic carbocycles. The summed E-state index contributed by atoms with van der Waals surface area (Å²) in [5.41, 5.74) is 3.52. The molecule has 2 amide bonds. The van der Waals surface area contributed by atoms with Gasteiger partial charge < -0.3 is 4.74 Å². The van der Waals surface area contributed by atoms with Crippen molar-refractivity contribution in [1.29, 1.82) is 0 Å². The van der Waals surface area contributed by atoms with Crippen molar-refractivity contribution in [3.63, 3.8) is 0 Å². The van der Waals surface area contributed by atoms with Crippen molar-refractivity contribution in [2.75, 3.05) is 18.2 Å². The van der Waals surface area contributed by atoms with Crippen LogP contribution in [0.2, 0.25) is 0 Å². The van der Waals surface area contributed by atoms with Crippen LogP contribution in [-0.2, 0) is 10.3 Å². The van der Waals surface area contributed by atoms with Gasteiger partial charge in [-0.05, 0) is 53.4 Å². The molecule has 7 heteroatoms. The molecule has 1 aromatic heterocycles. The van der Waals surface area contributed by atoms with Crippen LogP contribution in [0.15, 0.2) is 133 Å². The molecule has 0 N–H and O–H groups in total. The standard InChI is InChI=1S/C37H30FN3O3/c1-27-13-11-12-20-32(27)36(43)40(26-42)35-33-25-31(44-24-23-38)21-22-34(33)41(39-35)37(28-14-5-2-6-15-28,29-16-7-3-8-17-29)30-18-9-4-10-19-30/h2-22,25-26H,23-24H2,1H3. The fourth-order valence-corrected chi connectivity index (χ4v) is 5.80. The molecule has 44 heavy (non-hydrogen) atoms. The quantitative estimate of drug-likeness (QED) is 0.125. The minimum Gasteiger partial charge on any atom is -0.491 e. The Morgan fingerprint density at radius 3 is 1.89 bits per heavy atom. The van der Waals surface area contributed by atoms with Gasteiger partial charge in [0.05, 0.1) is 5.52 Å². The Hall–Kier alpha value is -5.56. The zero-order valence-corrected chi connectivity index (χ0v) is 24.1. The van der Waals surface area contributed by atoms with Gasteiger partial charge in [0.25, 0.3) is 5.91 Å². The predicted octanol–water partition coefficient (Wildman–Crippen LogP) is 7.34. The number of hydrogen-bond acceptors (Lipinski definition) is 4. The molecule has 218 valence electrons. The molecular weight excluding hydrogens is 553 g/mol. The molecule has 6 rings (SSSR count). The molecule has 0 radical (unpaired) electrons. The average molecular weight is 584 g/mol. The first-order chi connectivity index (χ1) is 21.6. The minimum absolute atomic E-state index is 0.128. The third-order valence-electron chi connectivity index (χ3n) is 7.80. The van der Waals surface area contributed by atoms with E-state index in [0.29, 0.717) is 28.6 Å². The number of carbonyl (C=O) groups excluding carboxylic acids is 2. The van der Waals surface area contributed by atoms with Gasteiger partial charge in [0.2, 0.25) is 6.41 Å². The summed E-state index contributed by atoms with van der Waals surface area (Å²) in [5.74, 6) is 0.0282. The van der Waals surface area contributed by atoms with Gasteiger partial charge >= 0.3 is 0 Å². The Kier molecular flexibility index (Phi) is 8.02. The van der Waals surface area contributed by atoms with E-state index in [0.717, 1.165) is 27.2 Å². The van der Waals surface area contributed by atoms with Crippen LogP contribution in [0.1, 0.15) is 32.6 Å². The molecule has 0 atom stereocenters. The van der Waals surface area contributed by atoms with E-state index < -0.39 is 18.1 Å². The lowest BCUT2D eigenvalue weighted by molar-refractivity contribution is -0.107. The maximum Gasteiger partial charge on any atom is 0.266 e. The first-order valence-corrected chi connectivity index (χ1v) is 14.3. The second-order valence-corrected chi connectivity index (χ2v) is 10.4. The van der Waals surface area contributed by atoms with E-state index in [-0.39, 0.29) is 12.4 Å². The van der Waals surface area contributed by atoms with Crippen LogP contribution >= 0.6 is 0 Å². The Morgan fingerprint density at radius 2 is 1.36 bits per heavy atom. The van der Waals surface area contributed by atoms with Gasteiger partial charge in [-0.15, -0.1) is 0 Å². The number of ether oxygens (including phenoxy) is 1. The van der Waals surface area contributed by atoms with E-state index in [4.69, 9.17) is 9.84 Å². The Labute approximate surface area is 255 Å². The number of rotatable bonds is 10. The second kappa shape index (κ2) is 12.4. The van der Waals surface area contributed by atoms with E-state index >= 15 is 0 Å². The summed E-state index contributed by atoms with van der Waals surface area (Å²) in [7, 11) is 0. The number of amides is 2. The molecule has 0 aliphatic rings. The fraction of sp³-hybridized carbons (Fsp3) is 0.108. The highest BCUT2D eigenvalue weighted by molar-refractivity contribution is 6.18. The van der Waals surface area contributed by atoms with E-state index in [1.54, 1.807) is 24.3 Å². The molecule has 1 heterocycles. The number of alkyl halides is 1. The van der Waals surface area contributed by atoms with Crippen molar-refractivity contribution < 1.29 is 18.7 Å². The zero-order valence-electron chi connectivity index (χ0n) is 24.1. The van der Waals surface area contributed by atoms with E-state index in [1.165, 1.54) is 0 Å². The number of hydrogen-bond donors (Lipinski definition) is 0. The molecule has 0 unspecified atom stereocenters. The minimum atomic E-state index is -1.01. The average Bonchev–Trinajstić information content (AvgIpc) is 3.44. The SMILES string of the molecule is Cc1ccccc1C(=O)N(C=O)c1nn(C(c2ccccc2)(c2ccccc2)c2ccccc2)c2ccc(OCCF)cc12. The number of benzene rings is 5. The molecule has 5 aromatic carbocycles. The lowest BCUT2D eigenvalue weighted by atomic mass is 9.77. The van der Waals surface area contributed by atoms with Crippen LogP contribution in [0.3, 0.4) is 0 Å². The van der Waals surface area contributed by atoms with Crippen molar-refractivity contribution in [2.24, 2.45) is 0 Å². The highest BCUT2D eigenvalue weighted by Gasteiger charge is 2.41. The number of anilines is 1. The maximum absolute atomic E-state index is 13.9. The lowest BCUT2D eigenvalue weighted by Gasteiger charge is -2.37. The molecule has 0 aliphatic heterocycles. The molecule has 0 spiro atoms. The largest absolute Gasteiger partial charge is 0.491 e. The van der Waals surface area contributed by atoms with E-state index in [1.807, 2.05) is 121 Å². The van der Waals surface area contributed by atoms with Gasteiger partial charge in [-0.2, -0.15) is 5.10 Å². The summed E-state index contributed by atoms with van der Waals surface area (Å²) in [5, 5.41) is 5.62. The molecular formula is C37H30FN3O3. The molecule has 0 fully saturated rings. The Balaban J connectivity index is 1.71. The number of aryl methyl sites for hydroxylation is 1. The van der Waals surface area contributed by atoms with E-state index in [9.17, 15) is 14.0 Å². The summed E-state index contributed by atoms with van der Waals surface area (Å²) in [6.45, 7) is 1.03. The maximum atomic E-state index is 13.9. The van der Waals surface area contributed by atoms with Crippen LogP contribution < -0.4 is 9.64 Å². The van der Waals surface area contributed by atoms with Crippen LogP contribution in [0.25, 0.3) is 10.9 Å². The van der Waals surface area contributed by atoms with Crippen LogP contribution in [0, 0.1) is 6.92 Å². The fourth-order valence-electron chi connectivity index (χ4n) is 5.80. The van der Waals surface area contributed by atoms with Gasteiger partial charge in [0.15, 0.2) is 5.82 Å². The molecule has 0 saturated carbocycles. The first kappa shape index (κ1) is 28.6. The van der Waals surface area contributed by atoms with Crippen molar-refractivity contribution in [2.45, 2.75) is 12.5 Å². The van der Waals surface area contributed by atoms with Gasteiger partial charge in [-0.1, -0.05) is 109 Å². The van der Waals surface area contributed by atoms with Crippen molar-refractivity contribution in [3.05, 3.63) is 161 Å². The Morgan fingerprint density at radius 1 is 0.818 bits per heavy atom. The number of imide groups is 1. The van der Waals surface area contributed by atoms with Gasteiger partial charge in [-0.25, -0.2) is 14.0 Å². The number of halogens is 1. The lowest BCUT2D eigenvalue weighted by Crippen LogP contribution is -2.39. The van der Waals surface area contributed by atoms with Crippen LogP contribution in [-0.4, -0.2) is 35.4 Å². The summed E-state index contributed by atoms with van der Waals surface area (Å²) in [6, 6.07) is 42.4. The first-order valence-electron chi connectivity index (χ1n) is 14.3. The molecule has 0 bridgehead atoms. The molecule has 6 aromatic rings. The smallest absolute Gasteiger partial charge is 0.266 e. The second-order valence-electron chi connectivity index (χ2n) is 10.4. The Bertz CT molecular complexity index is 1810. The third kappa shape index (κ3) is 4.92. The predicted molar refractivity (Wildman–Crippen MR) is 170 cm³/mol. The van der Waals surface area contributed by atoms with Crippen LogP contribution in [0.5, 0.6) is 5.75 Å². The summed E-state index contributed by atoms with van der Waals surface area (Å²) in [6.07, 6.45) is 0.491. The van der Waals surface area contributed by atoms with E-state index in [2.05, 4.69) is 0 Å². The summed E-state index contributed by atoms with van der Waals surface area (Å²) >= 11 is 0. The summed E-state index contributed by atoms with van der Waals surface area (Å²) in [4.78, 5) is 27.7. The highest BCUT2D eigenvalue weighted by atomic mass is 19.1. The molecule has 0 saturated heterocycles. The number of nitrogens with zero attached hydrogens (tertiary/aromatic N) is 3. The monoisotopic (exact) mass is 583 g/mol. The van der Waals surface area contributed by atoms with Gasteiger partial charge in [0.1, 0.15) is 24.6 Å². The third-order valence-corrected chi connectivity index (χ3v) is 7.80. The van der Waals surface area contributed by atoms with Crippen molar-refractivity contribution in [1.82, 2.24) is 9.78 Å². The number of aromatic nitrogens is 2. The number of fused-ring (bicyclic) bond motifs is 1. The summed E-state index contributed by atoms with van der Waals surface area (Å²) < 4.78 is 20.6. The topological polar surface area (TPSA) is 64.4 Å². The highest BCUT2D eigenvalue weighted by Crippen LogP contribution is 2.44. The van der Waals surface area contributed by atoms with Crippen LogP contribution in [0.4, 0.5) is 10.2 Å². The van der Waals surface area contributed by atoms with Crippen molar-refractivity contribution in [3.8, 4) is 5.75 Å². The zero-order chi connectivity index (χ0) is 30.5. The van der Waals surface area contributed by atoms with Gasteiger partial charge in [-0.3, -0.25) is 9.59 Å². The van der Waals surface area contributed by atoms with Gasteiger partial charge in [0, 0.05) is 10.9 Å². The normalized spacial score (nSPS) is 11.3. The number of carbonyl (C=O) groups is 2.